The maximum Gasteiger partial charge on any atom is 0.339 e. The summed E-state index contributed by atoms with van der Waals surface area (Å²) < 4.78 is 5.70. The van der Waals surface area contributed by atoms with Gasteiger partial charge in [0.15, 0.2) is 0 Å². The Morgan fingerprint density at radius 2 is 2.28 bits per heavy atom. The first-order valence-electron chi connectivity index (χ1n) is 6.30. The van der Waals surface area contributed by atoms with Crippen molar-refractivity contribution >= 4 is 11.7 Å². The lowest BCUT2D eigenvalue weighted by Gasteiger charge is -2.12. The highest BCUT2D eigenvalue weighted by Crippen LogP contribution is 2.20. The molecule has 0 spiro atoms. The van der Waals surface area contributed by atoms with Crippen LogP contribution in [-0.4, -0.2) is 35.3 Å². The maximum atomic E-state index is 11.0. The number of carbonyl (C=O) groups is 1. The molecule has 1 saturated carbocycles. The van der Waals surface area contributed by atoms with E-state index in [-0.39, 0.29) is 5.56 Å². The Morgan fingerprint density at radius 1 is 1.50 bits per heavy atom. The maximum absolute atomic E-state index is 11.0. The topological polar surface area (TPSA) is 71.5 Å². The largest absolute Gasteiger partial charge is 0.478 e. The quantitative estimate of drug-likeness (QED) is 0.757. The predicted molar refractivity (Wildman–Crippen MR) is 67.9 cm³/mol. The predicted octanol–water partition coefficient (Wildman–Crippen LogP) is 2.15. The Balaban J connectivity index is 1.77. The molecule has 0 atom stereocenters. The molecule has 1 aromatic heterocycles. The summed E-state index contributed by atoms with van der Waals surface area (Å²) in [7, 11) is 0. The van der Waals surface area contributed by atoms with E-state index in [0.717, 1.165) is 12.8 Å². The van der Waals surface area contributed by atoms with Gasteiger partial charge >= 0.3 is 5.97 Å². The van der Waals surface area contributed by atoms with Crippen LogP contribution in [-0.2, 0) is 4.74 Å². The zero-order chi connectivity index (χ0) is 12.8. The summed E-state index contributed by atoms with van der Waals surface area (Å²) in [6.07, 6.45) is 8.13. The average molecular weight is 250 g/mol. The van der Waals surface area contributed by atoms with Gasteiger partial charge in [0.2, 0.25) is 0 Å². The van der Waals surface area contributed by atoms with Crippen LogP contribution in [0, 0.1) is 0 Å². The van der Waals surface area contributed by atoms with Crippen molar-refractivity contribution in [3.05, 3.63) is 24.0 Å². The molecule has 0 bridgehead atoms. The van der Waals surface area contributed by atoms with E-state index in [1.165, 1.54) is 19.0 Å². The van der Waals surface area contributed by atoms with Gasteiger partial charge in [0.05, 0.1) is 18.4 Å². The SMILES string of the molecule is O=C(O)c1cnccc1NCCOC1CCCC1. The minimum absolute atomic E-state index is 0.193. The monoisotopic (exact) mass is 250 g/mol. The second-order valence-electron chi connectivity index (χ2n) is 4.43. The van der Waals surface area contributed by atoms with Crippen molar-refractivity contribution in [1.82, 2.24) is 4.98 Å². The van der Waals surface area contributed by atoms with Gasteiger partial charge in [-0.3, -0.25) is 4.98 Å². The highest BCUT2D eigenvalue weighted by atomic mass is 16.5. The third kappa shape index (κ3) is 3.43. The van der Waals surface area contributed by atoms with Crippen molar-refractivity contribution < 1.29 is 14.6 Å². The summed E-state index contributed by atoms with van der Waals surface area (Å²) >= 11 is 0. The Kier molecular flexibility index (Phi) is 4.52. The van der Waals surface area contributed by atoms with E-state index >= 15 is 0 Å². The lowest BCUT2D eigenvalue weighted by atomic mass is 10.2. The number of anilines is 1. The van der Waals surface area contributed by atoms with Crippen molar-refractivity contribution in [3.8, 4) is 0 Å². The molecule has 0 unspecified atom stereocenters. The summed E-state index contributed by atoms with van der Waals surface area (Å²) in [4.78, 5) is 14.8. The van der Waals surface area contributed by atoms with Crippen LogP contribution in [0.4, 0.5) is 5.69 Å². The number of hydrogen-bond acceptors (Lipinski definition) is 4. The van der Waals surface area contributed by atoms with E-state index in [9.17, 15) is 4.79 Å². The Labute approximate surface area is 106 Å². The van der Waals surface area contributed by atoms with Gasteiger partial charge in [-0.25, -0.2) is 4.79 Å². The lowest BCUT2D eigenvalue weighted by molar-refractivity contribution is 0.0655. The molecular weight excluding hydrogens is 232 g/mol. The van der Waals surface area contributed by atoms with Crippen LogP contribution in [0.15, 0.2) is 18.5 Å². The summed E-state index contributed by atoms with van der Waals surface area (Å²) in [5, 5.41) is 12.1. The van der Waals surface area contributed by atoms with E-state index in [2.05, 4.69) is 10.3 Å². The summed E-state index contributed by atoms with van der Waals surface area (Å²) in [6.45, 7) is 1.22. The molecule has 1 aromatic rings. The second kappa shape index (κ2) is 6.35. The first kappa shape index (κ1) is 12.8. The molecule has 0 aromatic carbocycles. The number of nitrogens with one attached hydrogen (secondary N) is 1. The second-order valence-corrected chi connectivity index (χ2v) is 4.43. The first-order chi connectivity index (χ1) is 8.77. The molecule has 0 radical (unpaired) electrons. The Morgan fingerprint density at radius 3 is 3.00 bits per heavy atom. The van der Waals surface area contributed by atoms with Crippen LogP contribution in [0.25, 0.3) is 0 Å². The van der Waals surface area contributed by atoms with Crippen LogP contribution in [0.2, 0.25) is 0 Å². The Hall–Kier alpha value is -1.62. The number of carboxylic acid groups (broad SMARTS) is 1. The first-order valence-corrected chi connectivity index (χ1v) is 6.30. The van der Waals surface area contributed by atoms with Crippen LogP contribution >= 0.6 is 0 Å². The molecule has 1 fully saturated rings. The zero-order valence-corrected chi connectivity index (χ0v) is 10.3. The molecule has 0 aliphatic heterocycles. The third-order valence-corrected chi connectivity index (χ3v) is 3.12. The summed E-state index contributed by atoms with van der Waals surface area (Å²) in [5.74, 6) is -0.970. The van der Waals surface area contributed by atoms with Crippen LogP contribution in [0.3, 0.4) is 0 Å². The standard InChI is InChI=1S/C13H18N2O3/c16-13(17)11-9-14-6-5-12(11)15-7-8-18-10-3-1-2-4-10/h5-6,9-10H,1-4,7-8H2,(H,14,15)(H,16,17). The van der Waals surface area contributed by atoms with Crippen LogP contribution in [0.5, 0.6) is 0 Å². The summed E-state index contributed by atoms with van der Waals surface area (Å²) in [6, 6.07) is 1.67. The molecule has 2 N–H and O–H groups in total. The number of rotatable bonds is 6. The van der Waals surface area contributed by atoms with Gasteiger partial charge in [-0.2, -0.15) is 0 Å². The molecule has 5 heteroatoms. The van der Waals surface area contributed by atoms with Gasteiger partial charge < -0.3 is 15.2 Å². The van der Waals surface area contributed by atoms with Gasteiger partial charge in [0, 0.05) is 18.9 Å². The van der Waals surface area contributed by atoms with Gasteiger partial charge in [-0.15, -0.1) is 0 Å². The molecule has 1 aliphatic carbocycles. The van der Waals surface area contributed by atoms with E-state index in [0.29, 0.717) is 24.9 Å². The van der Waals surface area contributed by atoms with E-state index in [1.807, 2.05) is 0 Å². The van der Waals surface area contributed by atoms with E-state index < -0.39 is 5.97 Å². The number of nitrogens with zero attached hydrogens (tertiary/aromatic N) is 1. The fourth-order valence-electron chi connectivity index (χ4n) is 2.19. The number of pyridine rings is 1. The minimum atomic E-state index is -0.970. The molecule has 1 aliphatic rings. The van der Waals surface area contributed by atoms with Gasteiger partial charge in [0.25, 0.3) is 0 Å². The van der Waals surface area contributed by atoms with Gasteiger partial charge in [-0.1, -0.05) is 12.8 Å². The normalized spacial score (nSPS) is 15.8. The van der Waals surface area contributed by atoms with Crippen molar-refractivity contribution in [2.24, 2.45) is 0 Å². The fraction of sp³-hybridized carbons (Fsp3) is 0.538. The number of carboxylic acids is 1. The molecular formula is C13H18N2O3. The van der Waals surface area contributed by atoms with Gasteiger partial charge in [-0.05, 0) is 18.9 Å². The molecule has 2 rings (SSSR count). The number of ether oxygens (including phenoxy) is 1. The highest BCUT2D eigenvalue weighted by molar-refractivity contribution is 5.93. The average Bonchev–Trinajstić information content (AvgIpc) is 2.88. The number of aromatic carboxylic acids is 1. The number of hydrogen-bond donors (Lipinski definition) is 2. The van der Waals surface area contributed by atoms with Crippen molar-refractivity contribution in [3.63, 3.8) is 0 Å². The van der Waals surface area contributed by atoms with Gasteiger partial charge in [0.1, 0.15) is 5.56 Å². The molecule has 0 amide bonds. The number of aromatic nitrogens is 1. The Bertz CT molecular complexity index is 403. The minimum Gasteiger partial charge on any atom is -0.478 e. The molecule has 1 heterocycles. The zero-order valence-electron chi connectivity index (χ0n) is 10.3. The summed E-state index contributed by atoms with van der Waals surface area (Å²) in [5.41, 5.74) is 0.783. The van der Waals surface area contributed by atoms with E-state index in [1.54, 1.807) is 12.3 Å². The molecule has 98 valence electrons. The molecule has 5 nitrogen and oxygen atoms in total. The fourth-order valence-corrected chi connectivity index (χ4v) is 2.19. The highest BCUT2D eigenvalue weighted by Gasteiger charge is 2.15. The van der Waals surface area contributed by atoms with Crippen LogP contribution < -0.4 is 5.32 Å². The van der Waals surface area contributed by atoms with Crippen LogP contribution in [0.1, 0.15) is 36.0 Å². The van der Waals surface area contributed by atoms with Crippen molar-refractivity contribution in [2.45, 2.75) is 31.8 Å². The van der Waals surface area contributed by atoms with Crippen molar-refractivity contribution in [2.75, 3.05) is 18.5 Å². The smallest absolute Gasteiger partial charge is 0.339 e. The van der Waals surface area contributed by atoms with E-state index in [4.69, 9.17) is 9.84 Å². The van der Waals surface area contributed by atoms with Crippen molar-refractivity contribution in [1.29, 1.82) is 0 Å². The third-order valence-electron chi connectivity index (χ3n) is 3.12. The lowest BCUT2D eigenvalue weighted by Crippen LogP contribution is -2.16. The molecule has 0 saturated heterocycles. The molecule has 18 heavy (non-hydrogen) atoms.